The van der Waals surface area contributed by atoms with E-state index in [1.54, 1.807) is 28.0 Å². The van der Waals surface area contributed by atoms with Gasteiger partial charge in [-0.15, -0.1) is 23.1 Å². The van der Waals surface area contributed by atoms with Gasteiger partial charge >= 0.3 is 0 Å². The van der Waals surface area contributed by atoms with Crippen molar-refractivity contribution in [3.8, 4) is 10.6 Å². The monoisotopic (exact) mass is 389 g/mol. The Morgan fingerprint density at radius 3 is 2.88 bits per heavy atom. The molecule has 1 N–H and O–H groups in total. The summed E-state index contributed by atoms with van der Waals surface area (Å²) in [5, 5.41) is 5.86. The first-order chi connectivity index (χ1) is 12.7. The van der Waals surface area contributed by atoms with Crippen LogP contribution in [0.4, 0.5) is 0 Å². The van der Waals surface area contributed by atoms with E-state index in [0.717, 1.165) is 29.1 Å². The molecule has 0 saturated carbocycles. The highest BCUT2D eigenvalue weighted by molar-refractivity contribution is 7.99. The number of rotatable bonds is 7. The van der Waals surface area contributed by atoms with E-state index in [9.17, 15) is 9.59 Å². The quantitative estimate of drug-likeness (QED) is 0.787. The van der Waals surface area contributed by atoms with Crippen LogP contribution in [-0.2, 0) is 16.1 Å². The van der Waals surface area contributed by atoms with Gasteiger partial charge in [0.05, 0.1) is 18.1 Å². The number of thiazole rings is 1. The number of thioether (sulfide) groups is 1. The lowest BCUT2D eigenvalue weighted by Crippen LogP contribution is -2.47. The van der Waals surface area contributed by atoms with E-state index < -0.39 is 0 Å². The molecule has 26 heavy (non-hydrogen) atoms. The highest BCUT2D eigenvalue weighted by atomic mass is 32.2. The number of hydrogen-bond acceptors (Lipinski definition) is 5. The number of unbranched alkanes of at least 4 members (excludes halogenated alkanes) is 1. The molecule has 0 unspecified atom stereocenters. The van der Waals surface area contributed by atoms with Crippen molar-refractivity contribution in [2.75, 3.05) is 11.6 Å². The molecule has 0 spiro atoms. The van der Waals surface area contributed by atoms with Crippen LogP contribution in [0.5, 0.6) is 0 Å². The van der Waals surface area contributed by atoms with Gasteiger partial charge in [-0.05, 0) is 6.42 Å². The summed E-state index contributed by atoms with van der Waals surface area (Å²) in [7, 11) is 0. The number of nitrogens with one attached hydrogen (secondary N) is 1. The summed E-state index contributed by atoms with van der Waals surface area (Å²) < 4.78 is 0. The van der Waals surface area contributed by atoms with E-state index in [-0.39, 0.29) is 17.9 Å². The molecule has 1 aliphatic heterocycles. The van der Waals surface area contributed by atoms with Crippen molar-refractivity contribution in [3.05, 3.63) is 41.4 Å². The van der Waals surface area contributed by atoms with Crippen LogP contribution in [0.25, 0.3) is 10.6 Å². The van der Waals surface area contributed by atoms with Crippen molar-refractivity contribution >= 4 is 34.9 Å². The molecular weight excluding hydrogens is 366 g/mol. The van der Waals surface area contributed by atoms with E-state index in [1.165, 1.54) is 0 Å². The van der Waals surface area contributed by atoms with Gasteiger partial charge in [0, 0.05) is 23.1 Å². The first-order valence-corrected chi connectivity index (χ1v) is 10.9. The highest BCUT2D eigenvalue weighted by Crippen LogP contribution is 2.24. The van der Waals surface area contributed by atoms with Gasteiger partial charge in [-0.3, -0.25) is 9.59 Å². The van der Waals surface area contributed by atoms with Gasteiger partial charge in [-0.2, -0.15) is 0 Å². The van der Waals surface area contributed by atoms with Crippen molar-refractivity contribution in [2.24, 2.45) is 0 Å². The van der Waals surface area contributed by atoms with Crippen LogP contribution in [0.3, 0.4) is 0 Å². The van der Waals surface area contributed by atoms with Crippen LogP contribution in [-0.4, -0.2) is 39.4 Å². The summed E-state index contributed by atoms with van der Waals surface area (Å²) in [5.41, 5.74) is 1.92. The largest absolute Gasteiger partial charge is 0.349 e. The molecule has 2 heterocycles. The van der Waals surface area contributed by atoms with Crippen molar-refractivity contribution in [1.82, 2.24) is 15.2 Å². The molecule has 1 aromatic carbocycles. The summed E-state index contributed by atoms with van der Waals surface area (Å²) in [6.45, 7) is 2.45. The van der Waals surface area contributed by atoms with Crippen LogP contribution >= 0.6 is 23.1 Å². The van der Waals surface area contributed by atoms with E-state index in [2.05, 4.69) is 17.2 Å². The Labute approximate surface area is 162 Å². The predicted octanol–water partition coefficient (Wildman–Crippen LogP) is 3.52. The first kappa shape index (κ1) is 18.9. The molecule has 3 rings (SSSR count). The Morgan fingerprint density at radius 2 is 2.12 bits per heavy atom. The zero-order chi connectivity index (χ0) is 18.4. The fourth-order valence-corrected chi connectivity index (χ4v) is 4.78. The molecule has 1 atom stereocenters. The standard InChI is InChI=1S/C19H23N3O2S2/c1-2-3-9-17(23)22-13-25-12-16(22)18(24)20-10-15-11-26-19(21-15)14-7-5-4-6-8-14/h4-8,11,16H,2-3,9-10,12-13H2,1H3,(H,20,24)/t16-/m1/s1. The number of carbonyl (C=O) groups excluding carboxylic acids is 2. The third-order valence-corrected chi connectivity index (χ3v) is 6.22. The second-order valence-electron chi connectivity index (χ2n) is 6.21. The zero-order valence-electron chi connectivity index (χ0n) is 14.8. The Morgan fingerprint density at radius 1 is 1.31 bits per heavy atom. The summed E-state index contributed by atoms with van der Waals surface area (Å²) in [5.74, 6) is 1.26. The lowest BCUT2D eigenvalue weighted by molar-refractivity contribution is -0.138. The minimum absolute atomic E-state index is 0.0806. The van der Waals surface area contributed by atoms with Gasteiger partial charge in [0.25, 0.3) is 0 Å². The number of carbonyl (C=O) groups is 2. The predicted molar refractivity (Wildman–Crippen MR) is 107 cm³/mol. The third-order valence-electron chi connectivity index (χ3n) is 4.27. The summed E-state index contributed by atoms with van der Waals surface area (Å²) in [4.78, 5) is 31.1. The lowest BCUT2D eigenvalue weighted by Gasteiger charge is -2.22. The fraction of sp³-hybridized carbons (Fsp3) is 0.421. The molecular formula is C19H23N3O2S2. The van der Waals surface area contributed by atoms with E-state index in [0.29, 0.717) is 24.6 Å². The number of amides is 2. The topological polar surface area (TPSA) is 62.3 Å². The molecule has 138 valence electrons. The van der Waals surface area contributed by atoms with Crippen molar-refractivity contribution in [2.45, 2.75) is 38.8 Å². The van der Waals surface area contributed by atoms with Gasteiger partial charge in [0.2, 0.25) is 11.8 Å². The number of aromatic nitrogens is 1. The molecule has 2 amide bonds. The second kappa shape index (κ2) is 9.19. The average molecular weight is 390 g/mol. The van der Waals surface area contributed by atoms with Crippen molar-refractivity contribution < 1.29 is 9.59 Å². The van der Waals surface area contributed by atoms with Crippen LogP contribution in [0, 0.1) is 0 Å². The molecule has 1 fully saturated rings. The molecule has 0 radical (unpaired) electrons. The zero-order valence-corrected chi connectivity index (χ0v) is 16.4. The molecule has 0 aliphatic carbocycles. The number of nitrogens with zero attached hydrogens (tertiary/aromatic N) is 2. The molecule has 2 aromatic rings. The maximum absolute atomic E-state index is 12.5. The van der Waals surface area contributed by atoms with E-state index >= 15 is 0 Å². The van der Waals surface area contributed by atoms with Crippen LogP contribution < -0.4 is 5.32 Å². The summed E-state index contributed by atoms with van der Waals surface area (Å²) >= 11 is 3.20. The maximum atomic E-state index is 12.5. The highest BCUT2D eigenvalue weighted by Gasteiger charge is 2.34. The molecule has 0 bridgehead atoms. The van der Waals surface area contributed by atoms with Gasteiger partial charge in [-0.1, -0.05) is 43.7 Å². The van der Waals surface area contributed by atoms with Crippen LogP contribution in [0.15, 0.2) is 35.7 Å². The number of benzene rings is 1. The first-order valence-electron chi connectivity index (χ1n) is 8.83. The lowest BCUT2D eigenvalue weighted by atomic mass is 10.2. The fourth-order valence-electron chi connectivity index (χ4n) is 2.77. The van der Waals surface area contributed by atoms with Crippen LogP contribution in [0.1, 0.15) is 31.9 Å². The summed E-state index contributed by atoms with van der Waals surface area (Å²) in [6, 6.07) is 9.63. The Bertz CT molecular complexity index is 748. The van der Waals surface area contributed by atoms with Gasteiger partial charge < -0.3 is 10.2 Å². The summed E-state index contributed by atoms with van der Waals surface area (Å²) in [6.07, 6.45) is 2.37. The number of hydrogen-bond donors (Lipinski definition) is 1. The minimum atomic E-state index is -0.364. The third kappa shape index (κ3) is 4.65. The molecule has 5 nitrogen and oxygen atoms in total. The second-order valence-corrected chi connectivity index (χ2v) is 8.07. The molecule has 1 aliphatic rings. The maximum Gasteiger partial charge on any atom is 0.244 e. The van der Waals surface area contributed by atoms with E-state index in [1.807, 2.05) is 35.7 Å². The normalized spacial score (nSPS) is 16.7. The molecule has 7 heteroatoms. The van der Waals surface area contributed by atoms with Crippen molar-refractivity contribution in [1.29, 1.82) is 0 Å². The molecule has 1 saturated heterocycles. The van der Waals surface area contributed by atoms with Gasteiger partial charge in [-0.25, -0.2) is 4.98 Å². The Balaban J connectivity index is 1.55. The Kier molecular flexibility index (Phi) is 6.68. The van der Waals surface area contributed by atoms with Gasteiger partial charge in [0.15, 0.2) is 0 Å². The average Bonchev–Trinajstić information content (AvgIpc) is 3.34. The Hall–Kier alpha value is -1.86. The minimum Gasteiger partial charge on any atom is -0.349 e. The smallest absolute Gasteiger partial charge is 0.244 e. The van der Waals surface area contributed by atoms with Gasteiger partial charge in [0.1, 0.15) is 11.0 Å². The SMILES string of the molecule is CCCCC(=O)N1CSC[C@@H]1C(=O)NCc1csc(-c2ccccc2)n1. The van der Waals surface area contributed by atoms with Crippen LogP contribution in [0.2, 0.25) is 0 Å². The van der Waals surface area contributed by atoms with E-state index in [4.69, 9.17) is 0 Å². The molecule has 1 aromatic heterocycles. The van der Waals surface area contributed by atoms with Crippen molar-refractivity contribution in [3.63, 3.8) is 0 Å².